The van der Waals surface area contributed by atoms with Gasteiger partial charge in [-0.15, -0.1) is 0 Å². The third kappa shape index (κ3) is 5.37. The van der Waals surface area contributed by atoms with Crippen molar-refractivity contribution in [1.29, 1.82) is 0 Å². The molecule has 3 N–H and O–H groups in total. The number of nitrogens with two attached hydrogens (primary N) is 1. The molecule has 12 heteroatoms. The van der Waals surface area contributed by atoms with Gasteiger partial charge in [-0.25, -0.2) is 22.9 Å². The molecule has 3 heterocycles. The summed E-state index contributed by atoms with van der Waals surface area (Å²) in [5, 5.41) is 13.7. The highest BCUT2D eigenvalue weighted by molar-refractivity contribution is 5.85. The lowest BCUT2D eigenvalue weighted by atomic mass is 9.99. The predicted molar refractivity (Wildman–Crippen MR) is 128 cm³/mol. The van der Waals surface area contributed by atoms with Crippen LogP contribution in [0.25, 0.3) is 22.4 Å². The van der Waals surface area contributed by atoms with Crippen molar-refractivity contribution in [3.63, 3.8) is 0 Å². The number of carboxylic acid groups (broad SMARTS) is 1. The number of nitrogen functional groups attached to an aromatic ring is 1. The van der Waals surface area contributed by atoms with E-state index < -0.39 is 29.4 Å². The summed E-state index contributed by atoms with van der Waals surface area (Å²) in [7, 11) is 0. The highest BCUT2D eigenvalue weighted by Gasteiger charge is 2.30. The van der Waals surface area contributed by atoms with Crippen LogP contribution in [0.15, 0.2) is 48.7 Å². The molecule has 1 aromatic carbocycles. The molecule has 0 spiro atoms. The smallest absolute Gasteiger partial charge is 0.331 e. The van der Waals surface area contributed by atoms with Crippen molar-refractivity contribution < 1.29 is 27.8 Å². The number of ether oxygens (including phenoxy) is 1. The fourth-order valence-corrected chi connectivity index (χ4v) is 3.58. The number of hydrogen-bond donors (Lipinski definition) is 2. The minimum Gasteiger partial charge on any atom is -0.479 e. The molecule has 0 atom stereocenters. The average Bonchev–Trinajstić information content (AvgIpc) is 3.32. The Balaban J connectivity index is 1.82. The molecule has 3 aromatic heterocycles. The first-order valence-electron chi connectivity index (χ1n) is 11.1. The number of anilines is 1. The van der Waals surface area contributed by atoms with E-state index in [9.17, 15) is 23.1 Å². The van der Waals surface area contributed by atoms with Gasteiger partial charge < -0.3 is 15.6 Å². The first kappa shape index (κ1) is 25.6. The van der Waals surface area contributed by atoms with E-state index >= 15 is 0 Å². The molecule has 4 aromatic rings. The van der Waals surface area contributed by atoms with E-state index in [1.54, 1.807) is 19.1 Å². The van der Waals surface area contributed by atoms with Gasteiger partial charge in [-0.2, -0.15) is 10.1 Å². The fraction of sp³-hybridized carbons (Fsp3) is 0.240. The second-order valence-corrected chi connectivity index (χ2v) is 8.74. The molecule has 4 rings (SSSR count). The topological polar surface area (TPSA) is 129 Å². The molecule has 0 fully saturated rings. The number of aliphatic carboxylic acids is 1. The van der Waals surface area contributed by atoms with Crippen molar-refractivity contribution in [1.82, 2.24) is 24.7 Å². The lowest BCUT2D eigenvalue weighted by Crippen LogP contribution is -2.36. The molecule has 0 bridgehead atoms. The zero-order chi connectivity index (χ0) is 26.9. The van der Waals surface area contributed by atoms with Crippen LogP contribution < -0.4 is 10.5 Å². The molecule has 192 valence electrons. The van der Waals surface area contributed by atoms with Crippen LogP contribution in [0.4, 0.5) is 19.1 Å². The number of carboxylic acids is 1. The van der Waals surface area contributed by atoms with E-state index in [1.807, 2.05) is 0 Å². The van der Waals surface area contributed by atoms with Crippen LogP contribution in [-0.4, -0.2) is 35.8 Å². The maximum absolute atomic E-state index is 13.6. The van der Waals surface area contributed by atoms with Crippen molar-refractivity contribution >= 4 is 11.9 Å². The molecule has 37 heavy (non-hydrogen) atoms. The summed E-state index contributed by atoms with van der Waals surface area (Å²) >= 11 is 0. The van der Waals surface area contributed by atoms with E-state index in [2.05, 4.69) is 20.1 Å². The van der Waals surface area contributed by atoms with Crippen molar-refractivity contribution in [3.8, 4) is 28.3 Å². The zero-order valence-electron chi connectivity index (χ0n) is 20.1. The molecule has 9 nitrogen and oxygen atoms in total. The maximum atomic E-state index is 13.6. The van der Waals surface area contributed by atoms with Gasteiger partial charge in [-0.05, 0) is 68.8 Å². The lowest BCUT2D eigenvalue weighted by Gasteiger charge is -2.19. The Hall–Kier alpha value is -4.48. The number of halogens is 3. The lowest BCUT2D eigenvalue weighted by molar-refractivity contribution is -0.146. The number of alkyl halides is 2. The first-order chi connectivity index (χ1) is 17.5. The van der Waals surface area contributed by atoms with Crippen molar-refractivity contribution in [2.24, 2.45) is 0 Å². The minimum atomic E-state index is -2.83. The van der Waals surface area contributed by atoms with Gasteiger partial charge in [0, 0.05) is 17.5 Å². The number of hydrogen-bond acceptors (Lipinski definition) is 7. The van der Waals surface area contributed by atoms with Gasteiger partial charge in [-0.1, -0.05) is 0 Å². The maximum Gasteiger partial charge on any atom is 0.331 e. The molecule has 0 radical (unpaired) electrons. The Morgan fingerprint density at radius 3 is 2.46 bits per heavy atom. The van der Waals surface area contributed by atoms with E-state index in [-0.39, 0.29) is 29.7 Å². The Morgan fingerprint density at radius 2 is 1.81 bits per heavy atom. The Labute approximate surface area is 209 Å². The molecule has 0 unspecified atom stereocenters. The quantitative estimate of drug-likeness (QED) is 0.346. The molecule has 0 saturated carbocycles. The Bertz CT molecular complexity index is 1450. The molecule has 0 aliphatic heterocycles. The van der Waals surface area contributed by atoms with Crippen LogP contribution in [0, 0.1) is 12.7 Å². The summed E-state index contributed by atoms with van der Waals surface area (Å²) in [4.78, 5) is 23.9. The highest BCUT2D eigenvalue weighted by atomic mass is 19.3. The van der Waals surface area contributed by atoms with Crippen LogP contribution in [-0.2, 0) is 16.9 Å². The third-order valence-corrected chi connectivity index (χ3v) is 5.59. The second-order valence-electron chi connectivity index (χ2n) is 8.74. The number of rotatable bonds is 8. The summed E-state index contributed by atoms with van der Waals surface area (Å²) in [6, 6.07) is 9.78. The predicted octanol–water partition coefficient (Wildman–Crippen LogP) is 4.77. The van der Waals surface area contributed by atoms with Gasteiger partial charge in [0.15, 0.2) is 5.54 Å². The first-order valence-corrected chi connectivity index (χ1v) is 11.1. The summed E-state index contributed by atoms with van der Waals surface area (Å²) < 4.78 is 47.9. The van der Waals surface area contributed by atoms with Crippen molar-refractivity contribution in [2.75, 3.05) is 5.73 Å². The van der Waals surface area contributed by atoms with E-state index in [0.29, 0.717) is 22.5 Å². The summed E-state index contributed by atoms with van der Waals surface area (Å²) in [5.74, 6) is -1.72. The van der Waals surface area contributed by atoms with E-state index in [0.717, 1.165) is 0 Å². The monoisotopic (exact) mass is 512 g/mol. The third-order valence-electron chi connectivity index (χ3n) is 5.59. The summed E-state index contributed by atoms with van der Waals surface area (Å²) in [5.41, 5.74) is 6.17. The van der Waals surface area contributed by atoms with Crippen LogP contribution in [0.5, 0.6) is 5.88 Å². The van der Waals surface area contributed by atoms with E-state index in [4.69, 9.17) is 10.5 Å². The minimum absolute atomic E-state index is 0.0234. The van der Waals surface area contributed by atoms with Crippen molar-refractivity contribution in [3.05, 3.63) is 71.6 Å². The van der Waals surface area contributed by atoms with E-state index in [1.165, 1.54) is 55.1 Å². The molecular formula is C25H23F3N6O3. The highest BCUT2D eigenvalue weighted by Crippen LogP contribution is 2.39. The largest absolute Gasteiger partial charge is 0.479 e. The number of carbonyl (C=O) groups is 1. The average molecular weight is 512 g/mol. The standard InChI is InChI=1S/C25H23F3N6O3/c1-13-10-15(11-18(30-13)21(27)28)19-20(14-4-6-16(26)7-5-14)31-24(29)32-22(19)37-12-17-8-9-34(33-17)25(2,3)23(35)36/h4-11,21H,12H2,1-3H3,(H,35,36)(H2,29,31,32). The summed E-state index contributed by atoms with van der Waals surface area (Å²) in [6.45, 7) is 4.43. The molecule has 0 saturated heterocycles. The Kier molecular flexibility index (Phi) is 6.84. The van der Waals surface area contributed by atoms with Crippen LogP contribution in [0.2, 0.25) is 0 Å². The second kappa shape index (κ2) is 9.88. The molecule has 0 amide bonds. The number of aromatic nitrogens is 5. The van der Waals surface area contributed by atoms with Crippen LogP contribution in [0.1, 0.15) is 37.4 Å². The number of benzene rings is 1. The van der Waals surface area contributed by atoms with Crippen LogP contribution >= 0.6 is 0 Å². The van der Waals surface area contributed by atoms with Gasteiger partial charge >= 0.3 is 5.97 Å². The zero-order valence-corrected chi connectivity index (χ0v) is 20.1. The molecule has 0 aliphatic rings. The van der Waals surface area contributed by atoms with Gasteiger partial charge in [0.05, 0.1) is 17.0 Å². The van der Waals surface area contributed by atoms with Crippen LogP contribution in [0.3, 0.4) is 0 Å². The molecular weight excluding hydrogens is 489 g/mol. The van der Waals surface area contributed by atoms with Gasteiger partial charge in [-0.3, -0.25) is 9.67 Å². The number of aryl methyl sites for hydroxylation is 1. The van der Waals surface area contributed by atoms with Gasteiger partial charge in [0.25, 0.3) is 6.43 Å². The normalized spacial score (nSPS) is 11.6. The molecule has 0 aliphatic carbocycles. The van der Waals surface area contributed by atoms with Gasteiger partial charge in [0.1, 0.15) is 18.1 Å². The Morgan fingerprint density at radius 1 is 1.11 bits per heavy atom. The van der Waals surface area contributed by atoms with Crippen molar-refractivity contribution in [2.45, 2.75) is 39.3 Å². The van der Waals surface area contributed by atoms with Gasteiger partial charge in [0.2, 0.25) is 11.8 Å². The number of pyridine rings is 1. The SMILES string of the molecule is Cc1cc(-c2c(OCc3ccn(C(C)(C)C(=O)O)n3)nc(N)nc2-c2ccc(F)cc2)cc(C(F)F)n1. The fourth-order valence-electron chi connectivity index (χ4n) is 3.58. The number of nitrogens with zero attached hydrogens (tertiary/aromatic N) is 5. The summed E-state index contributed by atoms with van der Waals surface area (Å²) in [6.07, 6.45) is -1.32.